The van der Waals surface area contributed by atoms with Crippen LogP contribution in [0.1, 0.15) is 63.3 Å². The first kappa shape index (κ1) is 15.2. The summed E-state index contributed by atoms with van der Waals surface area (Å²) in [4.78, 5) is 5.21. The molecule has 21 heavy (non-hydrogen) atoms. The van der Waals surface area contributed by atoms with E-state index in [0.29, 0.717) is 5.92 Å². The smallest absolute Gasteiger partial charge is 0.208 e. The number of likely N-dealkylation sites (tertiary alicyclic amines) is 1. The van der Waals surface area contributed by atoms with E-state index in [1.54, 1.807) is 11.3 Å². The van der Waals surface area contributed by atoms with Crippen molar-refractivity contribution < 1.29 is 0 Å². The molecule has 0 N–H and O–H groups in total. The third kappa shape index (κ3) is 3.75. The van der Waals surface area contributed by atoms with Gasteiger partial charge in [0.25, 0.3) is 0 Å². The van der Waals surface area contributed by atoms with Gasteiger partial charge in [-0.1, -0.05) is 38.0 Å². The normalized spacial score (nSPS) is 25.3. The molecule has 0 amide bonds. The van der Waals surface area contributed by atoms with Gasteiger partial charge in [0, 0.05) is 25.0 Å². The van der Waals surface area contributed by atoms with Gasteiger partial charge < -0.3 is 4.90 Å². The maximum atomic E-state index is 4.44. The summed E-state index contributed by atoms with van der Waals surface area (Å²) >= 11 is 1.79. The molecule has 3 heterocycles. The Labute approximate surface area is 132 Å². The van der Waals surface area contributed by atoms with Gasteiger partial charge in [-0.3, -0.25) is 4.90 Å². The topological polar surface area (TPSA) is 32.3 Å². The predicted octanol–water partition coefficient (Wildman–Crippen LogP) is 3.51. The number of aromatic nitrogens is 2. The molecular formula is C16H28N4S. The summed E-state index contributed by atoms with van der Waals surface area (Å²) < 4.78 is 0. The summed E-state index contributed by atoms with van der Waals surface area (Å²) in [6.45, 7) is 9.28. The quantitative estimate of drug-likeness (QED) is 0.855. The van der Waals surface area contributed by atoms with Crippen LogP contribution in [0.2, 0.25) is 0 Å². The molecule has 1 aromatic rings. The van der Waals surface area contributed by atoms with Crippen LogP contribution in [0.15, 0.2) is 0 Å². The molecule has 0 saturated carbocycles. The molecule has 2 fully saturated rings. The van der Waals surface area contributed by atoms with Crippen molar-refractivity contribution in [2.24, 2.45) is 0 Å². The molecule has 1 unspecified atom stereocenters. The van der Waals surface area contributed by atoms with Crippen LogP contribution in [-0.4, -0.2) is 47.3 Å². The average molecular weight is 308 g/mol. The Morgan fingerprint density at radius 1 is 1.00 bits per heavy atom. The number of rotatable bonds is 3. The Bertz CT molecular complexity index is 437. The van der Waals surface area contributed by atoms with Gasteiger partial charge in [-0.15, -0.1) is 10.2 Å². The molecule has 0 aliphatic carbocycles. The van der Waals surface area contributed by atoms with E-state index < -0.39 is 0 Å². The van der Waals surface area contributed by atoms with Crippen molar-refractivity contribution in [1.82, 2.24) is 15.1 Å². The van der Waals surface area contributed by atoms with Crippen molar-refractivity contribution in [3.8, 4) is 0 Å². The Kier molecular flexibility index (Phi) is 5.11. The van der Waals surface area contributed by atoms with E-state index in [-0.39, 0.29) is 0 Å². The molecule has 2 saturated heterocycles. The number of hydrogen-bond acceptors (Lipinski definition) is 5. The Morgan fingerprint density at radius 3 is 2.43 bits per heavy atom. The first-order chi connectivity index (χ1) is 10.2. The number of piperidine rings is 1. The highest BCUT2D eigenvalue weighted by Crippen LogP contribution is 2.29. The summed E-state index contributed by atoms with van der Waals surface area (Å²) in [6.07, 6.45) is 8.24. The minimum Gasteiger partial charge on any atom is -0.345 e. The van der Waals surface area contributed by atoms with Gasteiger partial charge in [-0.05, 0) is 38.8 Å². The van der Waals surface area contributed by atoms with Crippen molar-refractivity contribution in [3.63, 3.8) is 0 Å². The zero-order valence-electron chi connectivity index (χ0n) is 13.4. The molecule has 0 aromatic carbocycles. The van der Waals surface area contributed by atoms with E-state index in [9.17, 15) is 0 Å². The minimum absolute atomic E-state index is 0.488. The fourth-order valence-corrected chi connectivity index (χ4v) is 4.36. The maximum absolute atomic E-state index is 4.44. The zero-order chi connectivity index (χ0) is 14.7. The molecule has 1 aromatic heterocycles. The van der Waals surface area contributed by atoms with Crippen molar-refractivity contribution in [2.75, 3.05) is 31.1 Å². The van der Waals surface area contributed by atoms with Crippen LogP contribution in [0.4, 0.5) is 5.13 Å². The van der Waals surface area contributed by atoms with E-state index in [2.05, 4.69) is 33.8 Å². The van der Waals surface area contributed by atoms with Gasteiger partial charge >= 0.3 is 0 Å². The Balaban J connectivity index is 1.64. The lowest BCUT2D eigenvalue weighted by Gasteiger charge is -2.38. The Morgan fingerprint density at radius 2 is 1.76 bits per heavy atom. The van der Waals surface area contributed by atoms with Gasteiger partial charge in [0.15, 0.2) is 0 Å². The number of anilines is 1. The molecule has 0 radical (unpaired) electrons. The first-order valence-electron chi connectivity index (χ1n) is 8.56. The van der Waals surface area contributed by atoms with E-state index in [0.717, 1.165) is 24.3 Å². The van der Waals surface area contributed by atoms with Gasteiger partial charge in [0.05, 0.1) is 0 Å². The predicted molar refractivity (Wildman–Crippen MR) is 89.3 cm³/mol. The second kappa shape index (κ2) is 7.05. The molecule has 5 heteroatoms. The molecule has 4 nitrogen and oxygen atoms in total. The van der Waals surface area contributed by atoms with Crippen LogP contribution < -0.4 is 4.90 Å². The molecule has 1 atom stereocenters. The van der Waals surface area contributed by atoms with Crippen molar-refractivity contribution in [1.29, 1.82) is 0 Å². The second-order valence-corrected chi connectivity index (χ2v) is 7.76. The standard InChI is InChI=1S/C16H28N4S/c1-13(2)15-17-18-16(21-15)20-11-7-8-14(12-20)19-9-5-3-4-6-10-19/h13-14H,3-12H2,1-2H3. The largest absolute Gasteiger partial charge is 0.345 e. The summed E-state index contributed by atoms with van der Waals surface area (Å²) in [6, 6.07) is 0.725. The molecule has 0 spiro atoms. The monoisotopic (exact) mass is 308 g/mol. The van der Waals surface area contributed by atoms with Crippen LogP contribution in [0.25, 0.3) is 0 Å². The van der Waals surface area contributed by atoms with Crippen LogP contribution in [-0.2, 0) is 0 Å². The van der Waals surface area contributed by atoms with E-state index in [4.69, 9.17) is 0 Å². The number of hydrogen-bond donors (Lipinski definition) is 0. The van der Waals surface area contributed by atoms with Gasteiger partial charge in [-0.25, -0.2) is 0 Å². The summed E-state index contributed by atoms with van der Waals surface area (Å²) in [5.74, 6) is 0.488. The molecule has 118 valence electrons. The van der Waals surface area contributed by atoms with Crippen LogP contribution >= 0.6 is 11.3 Å². The lowest BCUT2D eigenvalue weighted by atomic mass is 10.0. The molecule has 0 bridgehead atoms. The fraction of sp³-hybridized carbons (Fsp3) is 0.875. The summed E-state index contributed by atoms with van der Waals surface area (Å²) in [7, 11) is 0. The third-order valence-corrected chi connectivity index (χ3v) is 6.03. The Hall–Kier alpha value is -0.680. The summed E-state index contributed by atoms with van der Waals surface area (Å²) in [5, 5.41) is 11.1. The molecule has 3 rings (SSSR count). The number of nitrogens with zero attached hydrogens (tertiary/aromatic N) is 4. The fourth-order valence-electron chi connectivity index (χ4n) is 3.47. The van der Waals surface area contributed by atoms with E-state index >= 15 is 0 Å². The van der Waals surface area contributed by atoms with Crippen LogP contribution in [0.5, 0.6) is 0 Å². The first-order valence-corrected chi connectivity index (χ1v) is 9.38. The van der Waals surface area contributed by atoms with Crippen molar-refractivity contribution >= 4 is 16.5 Å². The molecule has 2 aliphatic rings. The van der Waals surface area contributed by atoms with Gasteiger partial charge in [0.1, 0.15) is 5.01 Å². The molecule has 2 aliphatic heterocycles. The van der Waals surface area contributed by atoms with E-state index in [1.165, 1.54) is 56.6 Å². The van der Waals surface area contributed by atoms with Crippen molar-refractivity contribution in [2.45, 2.75) is 64.3 Å². The second-order valence-electron chi connectivity index (χ2n) is 6.77. The van der Waals surface area contributed by atoms with Gasteiger partial charge in [0.2, 0.25) is 5.13 Å². The van der Waals surface area contributed by atoms with Crippen molar-refractivity contribution in [3.05, 3.63) is 5.01 Å². The zero-order valence-corrected chi connectivity index (χ0v) is 14.2. The van der Waals surface area contributed by atoms with Gasteiger partial charge in [-0.2, -0.15) is 0 Å². The van der Waals surface area contributed by atoms with Crippen LogP contribution in [0.3, 0.4) is 0 Å². The highest BCUT2D eigenvalue weighted by Gasteiger charge is 2.27. The lowest BCUT2D eigenvalue weighted by Crippen LogP contribution is -2.48. The highest BCUT2D eigenvalue weighted by molar-refractivity contribution is 7.15. The van der Waals surface area contributed by atoms with E-state index in [1.807, 2.05) is 0 Å². The molecular weight excluding hydrogens is 280 g/mol. The lowest BCUT2D eigenvalue weighted by molar-refractivity contribution is 0.182. The SMILES string of the molecule is CC(C)c1nnc(N2CCCC(N3CCCCCC3)C2)s1. The third-order valence-electron chi connectivity index (χ3n) is 4.75. The van der Waals surface area contributed by atoms with Crippen LogP contribution in [0, 0.1) is 0 Å². The minimum atomic E-state index is 0.488. The average Bonchev–Trinajstić information content (AvgIpc) is 2.84. The highest BCUT2D eigenvalue weighted by atomic mass is 32.1. The maximum Gasteiger partial charge on any atom is 0.208 e. The summed E-state index contributed by atoms with van der Waals surface area (Å²) in [5.41, 5.74) is 0.